The van der Waals surface area contributed by atoms with Gasteiger partial charge in [-0.05, 0) is 42.3 Å². The fourth-order valence-electron chi connectivity index (χ4n) is 3.10. The van der Waals surface area contributed by atoms with Crippen molar-refractivity contribution in [1.82, 2.24) is 5.16 Å². The SMILES string of the molecule is Cc1cc(-c2noc(CF)c2-c2cc(F)c(S(C)(=O)=O)c(F)c2)ccc1C(F)(F)F. The number of hydrogen-bond donors (Lipinski definition) is 0. The lowest BCUT2D eigenvalue weighted by Gasteiger charge is -2.12. The second kappa shape index (κ2) is 7.46. The Kier molecular flexibility index (Phi) is 5.44. The number of hydrogen-bond acceptors (Lipinski definition) is 4. The standard InChI is InChI=1S/C19H13F6NO3S/c1-9-5-10(3-4-12(9)19(23,24)25)17-16(15(8-20)29-26-17)11-6-13(21)18(14(22)7-11)30(2,27)28/h3-7H,8H2,1-2H3. The van der Waals surface area contributed by atoms with E-state index in [1.54, 1.807) is 0 Å². The van der Waals surface area contributed by atoms with Crippen LogP contribution >= 0.6 is 0 Å². The van der Waals surface area contributed by atoms with Gasteiger partial charge in [0.1, 0.15) is 22.2 Å². The summed E-state index contributed by atoms with van der Waals surface area (Å²) in [6.07, 6.45) is -3.97. The van der Waals surface area contributed by atoms with Crippen LogP contribution in [0.4, 0.5) is 26.3 Å². The monoisotopic (exact) mass is 449 g/mol. The molecule has 30 heavy (non-hydrogen) atoms. The molecule has 0 fully saturated rings. The van der Waals surface area contributed by atoms with E-state index >= 15 is 0 Å². The molecule has 0 saturated heterocycles. The van der Waals surface area contributed by atoms with Crippen molar-refractivity contribution in [2.45, 2.75) is 24.7 Å². The first-order valence-electron chi connectivity index (χ1n) is 8.26. The predicted octanol–water partition coefficient (Wildman–Crippen LogP) is 5.49. The Morgan fingerprint density at radius 2 is 1.63 bits per heavy atom. The molecule has 1 aromatic heterocycles. The minimum Gasteiger partial charge on any atom is -0.357 e. The molecule has 2 aromatic carbocycles. The third kappa shape index (κ3) is 3.93. The smallest absolute Gasteiger partial charge is 0.357 e. The van der Waals surface area contributed by atoms with Crippen molar-refractivity contribution < 1.29 is 39.3 Å². The molecule has 0 aliphatic rings. The summed E-state index contributed by atoms with van der Waals surface area (Å²) in [5.41, 5.74) is -1.58. The fraction of sp³-hybridized carbons (Fsp3) is 0.211. The van der Waals surface area contributed by atoms with Crippen LogP contribution in [0.3, 0.4) is 0 Å². The number of nitrogens with zero attached hydrogens (tertiary/aromatic N) is 1. The first kappa shape index (κ1) is 21.9. The molecule has 0 aliphatic heterocycles. The zero-order chi connectivity index (χ0) is 22.4. The van der Waals surface area contributed by atoms with Crippen molar-refractivity contribution in [3.05, 3.63) is 58.9 Å². The number of halogens is 6. The number of aryl methyl sites for hydroxylation is 1. The van der Waals surface area contributed by atoms with E-state index in [9.17, 15) is 34.8 Å². The second-order valence-corrected chi connectivity index (χ2v) is 8.48. The lowest BCUT2D eigenvalue weighted by molar-refractivity contribution is -0.138. The summed E-state index contributed by atoms with van der Waals surface area (Å²) in [4.78, 5) is -1.16. The summed E-state index contributed by atoms with van der Waals surface area (Å²) in [5.74, 6) is -3.24. The van der Waals surface area contributed by atoms with Gasteiger partial charge in [0.05, 0.1) is 11.1 Å². The average Bonchev–Trinajstić information content (AvgIpc) is 3.02. The second-order valence-electron chi connectivity index (χ2n) is 6.53. The maximum absolute atomic E-state index is 14.3. The number of alkyl halides is 4. The van der Waals surface area contributed by atoms with Crippen molar-refractivity contribution in [2.24, 2.45) is 0 Å². The Morgan fingerprint density at radius 1 is 1.03 bits per heavy atom. The highest BCUT2D eigenvalue weighted by Crippen LogP contribution is 2.39. The average molecular weight is 449 g/mol. The quantitative estimate of drug-likeness (QED) is 0.495. The van der Waals surface area contributed by atoms with Crippen LogP contribution in [0.5, 0.6) is 0 Å². The molecule has 0 bridgehead atoms. The van der Waals surface area contributed by atoms with Gasteiger partial charge in [-0.15, -0.1) is 0 Å². The van der Waals surface area contributed by atoms with E-state index in [2.05, 4.69) is 5.16 Å². The van der Waals surface area contributed by atoms with Crippen LogP contribution in [-0.4, -0.2) is 19.8 Å². The molecule has 0 radical (unpaired) electrons. The molecule has 160 valence electrons. The summed E-state index contributed by atoms with van der Waals surface area (Å²) in [6, 6.07) is 4.34. The lowest BCUT2D eigenvalue weighted by atomic mass is 9.96. The summed E-state index contributed by atoms with van der Waals surface area (Å²) >= 11 is 0. The lowest BCUT2D eigenvalue weighted by Crippen LogP contribution is -2.07. The molecule has 11 heteroatoms. The van der Waals surface area contributed by atoms with Crippen LogP contribution in [0.15, 0.2) is 39.8 Å². The van der Waals surface area contributed by atoms with Crippen molar-refractivity contribution in [1.29, 1.82) is 0 Å². The molecule has 0 N–H and O–H groups in total. The fourth-order valence-corrected chi connectivity index (χ4v) is 3.92. The highest BCUT2D eigenvalue weighted by molar-refractivity contribution is 7.90. The van der Waals surface area contributed by atoms with Crippen LogP contribution in [0.25, 0.3) is 22.4 Å². The van der Waals surface area contributed by atoms with E-state index in [4.69, 9.17) is 4.52 Å². The van der Waals surface area contributed by atoms with Crippen molar-refractivity contribution in [2.75, 3.05) is 6.26 Å². The van der Waals surface area contributed by atoms with Gasteiger partial charge in [0.25, 0.3) is 0 Å². The third-order valence-corrected chi connectivity index (χ3v) is 5.48. The molecular weight excluding hydrogens is 436 g/mol. The van der Waals surface area contributed by atoms with Gasteiger partial charge in [0.2, 0.25) is 0 Å². The van der Waals surface area contributed by atoms with Crippen LogP contribution in [-0.2, 0) is 22.7 Å². The van der Waals surface area contributed by atoms with Crippen molar-refractivity contribution in [3.8, 4) is 22.4 Å². The number of benzene rings is 2. The van der Waals surface area contributed by atoms with Gasteiger partial charge in [-0.2, -0.15) is 13.2 Å². The molecular formula is C19H13F6NO3S. The molecule has 3 aromatic rings. The minimum absolute atomic E-state index is 0.0898. The van der Waals surface area contributed by atoms with Gasteiger partial charge in [0.15, 0.2) is 22.3 Å². The summed E-state index contributed by atoms with van der Waals surface area (Å²) in [6.45, 7) is -0.0125. The van der Waals surface area contributed by atoms with Gasteiger partial charge in [-0.3, -0.25) is 0 Å². The van der Waals surface area contributed by atoms with Crippen LogP contribution in [0.1, 0.15) is 16.9 Å². The van der Waals surface area contributed by atoms with Gasteiger partial charge in [0, 0.05) is 11.8 Å². The topological polar surface area (TPSA) is 60.2 Å². The third-order valence-electron chi connectivity index (χ3n) is 4.35. The van der Waals surface area contributed by atoms with E-state index in [1.807, 2.05) is 0 Å². The number of rotatable bonds is 4. The first-order valence-corrected chi connectivity index (χ1v) is 10.2. The normalized spacial score (nSPS) is 12.4. The van der Waals surface area contributed by atoms with Crippen LogP contribution < -0.4 is 0 Å². The molecule has 0 spiro atoms. The van der Waals surface area contributed by atoms with Crippen LogP contribution in [0, 0.1) is 18.6 Å². The predicted molar refractivity (Wildman–Crippen MR) is 95.0 cm³/mol. The van der Waals surface area contributed by atoms with Gasteiger partial charge < -0.3 is 4.52 Å². The summed E-state index contributed by atoms with van der Waals surface area (Å²) < 4.78 is 109. The molecule has 0 aliphatic carbocycles. The van der Waals surface area contributed by atoms with Gasteiger partial charge >= 0.3 is 6.18 Å². The molecule has 4 nitrogen and oxygen atoms in total. The Hall–Kier alpha value is -2.82. The molecule has 0 atom stereocenters. The van der Waals surface area contributed by atoms with Gasteiger partial charge in [-0.1, -0.05) is 11.2 Å². The van der Waals surface area contributed by atoms with Crippen molar-refractivity contribution in [3.63, 3.8) is 0 Å². The van der Waals surface area contributed by atoms with E-state index in [0.29, 0.717) is 18.4 Å². The zero-order valence-corrected chi connectivity index (χ0v) is 16.3. The largest absolute Gasteiger partial charge is 0.416 e. The molecule has 0 amide bonds. The Bertz CT molecular complexity index is 1210. The Balaban J connectivity index is 2.22. The highest BCUT2D eigenvalue weighted by atomic mass is 32.2. The highest BCUT2D eigenvalue weighted by Gasteiger charge is 2.33. The molecule has 1 heterocycles. The van der Waals surface area contributed by atoms with Crippen molar-refractivity contribution >= 4 is 9.84 Å². The van der Waals surface area contributed by atoms with E-state index < -0.39 is 50.5 Å². The molecule has 0 unspecified atom stereocenters. The Labute approximate surface area is 167 Å². The number of aromatic nitrogens is 1. The van der Waals surface area contributed by atoms with E-state index in [-0.39, 0.29) is 27.9 Å². The minimum atomic E-state index is -4.59. The zero-order valence-electron chi connectivity index (χ0n) is 15.4. The van der Waals surface area contributed by atoms with Crippen LogP contribution in [0.2, 0.25) is 0 Å². The Morgan fingerprint density at radius 3 is 2.10 bits per heavy atom. The maximum Gasteiger partial charge on any atom is 0.416 e. The van der Waals surface area contributed by atoms with Gasteiger partial charge in [-0.25, -0.2) is 21.6 Å². The summed E-state index contributed by atoms with van der Waals surface area (Å²) in [7, 11) is -4.22. The van der Waals surface area contributed by atoms with E-state index in [1.165, 1.54) is 6.92 Å². The molecule has 3 rings (SSSR count). The maximum atomic E-state index is 14.3. The molecule has 0 saturated carbocycles. The first-order chi connectivity index (χ1) is 13.8. The summed E-state index contributed by atoms with van der Waals surface area (Å²) in [5, 5.41) is 3.64. The number of sulfone groups is 1. The van der Waals surface area contributed by atoms with E-state index in [0.717, 1.165) is 18.2 Å².